The molecule has 2 rings (SSSR count). The van der Waals surface area contributed by atoms with E-state index < -0.39 is 15.9 Å². The van der Waals surface area contributed by atoms with Gasteiger partial charge in [-0.3, -0.25) is 10.2 Å². The van der Waals surface area contributed by atoms with Crippen LogP contribution in [0.4, 0.5) is 0 Å². The first-order valence-corrected chi connectivity index (χ1v) is 9.36. The number of carbonyl (C=O) groups is 1. The second-order valence-corrected chi connectivity index (χ2v) is 6.68. The van der Waals surface area contributed by atoms with Crippen molar-refractivity contribution in [3.05, 3.63) is 65.1 Å². The summed E-state index contributed by atoms with van der Waals surface area (Å²) in [6, 6.07) is 13.5. The van der Waals surface area contributed by atoms with Crippen molar-refractivity contribution in [2.24, 2.45) is 0 Å². The minimum Gasteiger partial charge on any atom is -0.493 e. The van der Waals surface area contributed by atoms with Crippen LogP contribution >= 0.6 is 0 Å². The molecule has 0 saturated heterocycles. The van der Waals surface area contributed by atoms with E-state index in [1.165, 1.54) is 25.3 Å². The van der Waals surface area contributed by atoms with Gasteiger partial charge in [0.2, 0.25) is 0 Å². The molecule has 0 bridgehead atoms. The Bertz CT molecular complexity index is 880. The van der Waals surface area contributed by atoms with Gasteiger partial charge in [0.1, 0.15) is 0 Å². The number of methoxy groups -OCH3 is 1. The third-order valence-corrected chi connectivity index (χ3v) is 4.15. The maximum Gasteiger partial charge on any atom is 0.266 e. The molecule has 0 unspecified atom stereocenters. The van der Waals surface area contributed by atoms with Gasteiger partial charge in [-0.15, -0.1) is 4.83 Å². The third-order valence-electron chi connectivity index (χ3n) is 3.27. The van der Waals surface area contributed by atoms with Crippen LogP contribution in [0.5, 0.6) is 11.5 Å². The van der Waals surface area contributed by atoms with E-state index in [4.69, 9.17) is 9.47 Å². The summed E-state index contributed by atoms with van der Waals surface area (Å²) < 4.78 is 34.4. The summed E-state index contributed by atoms with van der Waals surface area (Å²) >= 11 is 0. The van der Waals surface area contributed by atoms with Gasteiger partial charge in [-0.25, -0.2) is 8.42 Å². The van der Waals surface area contributed by atoms with E-state index in [0.717, 1.165) is 11.0 Å². The van der Waals surface area contributed by atoms with Crippen LogP contribution in [0.2, 0.25) is 0 Å². The predicted molar refractivity (Wildman–Crippen MR) is 99.2 cm³/mol. The average molecular weight is 376 g/mol. The number of ether oxygens (including phenoxy) is 2. The number of hydrogen-bond acceptors (Lipinski definition) is 5. The van der Waals surface area contributed by atoms with Crippen LogP contribution in [0.15, 0.2) is 53.9 Å². The Morgan fingerprint density at radius 3 is 2.50 bits per heavy atom. The predicted octanol–water partition coefficient (Wildman–Crippen LogP) is 2.33. The summed E-state index contributed by atoms with van der Waals surface area (Å²) in [5, 5.41) is 0.974. The minimum absolute atomic E-state index is 0.222. The number of rotatable bonds is 8. The zero-order chi connectivity index (χ0) is 19.0. The standard InChI is InChI=1S/C18H20N2O5S/c1-3-25-16-10-9-15(13-17(16)24-2)18(21)19-20-26(22,23)12-11-14-7-5-4-6-8-14/h4-13,20H,3H2,1-2H3,(H,19,21)/b12-11+. The molecule has 0 heterocycles. The molecule has 138 valence electrons. The van der Waals surface area contributed by atoms with Crippen LogP contribution in [-0.2, 0) is 10.0 Å². The van der Waals surface area contributed by atoms with Gasteiger partial charge in [-0.1, -0.05) is 30.3 Å². The molecular formula is C18H20N2O5S. The lowest BCUT2D eigenvalue weighted by molar-refractivity contribution is 0.0945. The molecule has 8 heteroatoms. The zero-order valence-corrected chi connectivity index (χ0v) is 15.2. The highest BCUT2D eigenvalue weighted by Crippen LogP contribution is 2.27. The second kappa shape index (κ2) is 9.02. The fraction of sp³-hybridized carbons (Fsp3) is 0.167. The summed E-state index contributed by atoms with van der Waals surface area (Å²) in [7, 11) is -2.38. The van der Waals surface area contributed by atoms with Gasteiger partial charge < -0.3 is 9.47 Å². The van der Waals surface area contributed by atoms with Crippen molar-refractivity contribution in [1.82, 2.24) is 10.3 Å². The summed E-state index contributed by atoms with van der Waals surface area (Å²) in [5.74, 6) is 0.257. The molecule has 2 aromatic rings. The Morgan fingerprint density at radius 1 is 1.12 bits per heavy atom. The molecule has 2 N–H and O–H groups in total. The molecule has 0 aromatic heterocycles. The smallest absolute Gasteiger partial charge is 0.266 e. The lowest BCUT2D eigenvalue weighted by Crippen LogP contribution is -2.40. The minimum atomic E-state index is -3.83. The molecule has 0 aliphatic rings. The molecule has 0 spiro atoms. The van der Waals surface area contributed by atoms with E-state index in [2.05, 4.69) is 5.43 Å². The fourth-order valence-corrected chi connectivity index (χ4v) is 2.68. The first-order chi connectivity index (χ1) is 12.4. The monoisotopic (exact) mass is 376 g/mol. The van der Waals surface area contributed by atoms with Crippen LogP contribution < -0.4 is 19.7 Å². The molecule has 0 saturated carbocycles. The van der Waals surface area contributed by atoms with E-state index >= 15 is 0 Å². The van der Waals surface area contributed by atoms with E-state index in [1.54, 1.807) is 30.3 Å². The van der Waals surface area contributed by atoms with Gasteiger partial charge in [0, 0.05) is 11.0 Å². The van der Waals surface area contributed by atoms with Crippen molar-refractivity contribution in [3.63, 3.8) is 0 Å². The summed E-state index contributed by atoms with van der Waals surface area (Å²) in [6.07, 6.45) is 1.42. The Hall–Kier alpha value is -2.84. The van der Waals surface area contributed by atoms with E-state index in [1.807, 2.05) is 17.8 Å². The van der Waals surface area contributed by atoms with Gasteiger partial charge >= 0.3 is 0 Å². The molecule has 0 aliphatic carbocycles. The number of hydrazine groups is 1. The average Bonchev–Trinajstić information content (AvgIpc) is 2.66. The van der Waals surface area contributed by atoms with Crippen molar-refractivity contribution in [1.29, 1.82) is 0 Å². The number of hydrogen-bond donors (Lipinski definition) is 2. The van der Waals surface area contributed by atoms with E-state index in [0.29, 0.717) is 18.1 Å². The molecule has 0 atom stereocenters. The van der Waals surface area contributed by atoms with Gasteiger partial charge in [-0.2, -0.15) is 0 Å². The highest BCUT2D eigenvalue weighted by Gasteiger charge is 2.13. The topological polar surface area (TPSA) is 93.7 Å². The van der Waals surface area contributed by atoms with Crippen LogP contribution in [-0.4, -0.2) is 28.0 Å². The number of carbonyl (C=O) groups excluding carboxylic acids is 1. The maximum absolute atomic E-state index is 12.1. The Balaban J connectivity index is 2.02. The van der Waals surface area contributed by atoms with Crippen molar-refractivity contribution >= 4 is 22.0 Å². The number of benzene rings is 2. The largest absolute Gasteiger partial charge is 0.493 e. The first-order valence-electron chi connectivity index (χ1n) is 7.81. The highest BCUT2D eigenvalue weighted by atomic mass is 32.2. The Morgan fingerprint density at radius 2 is 1.85 bits per heavy atom. The SMILES string of the molecule is CCOc1ccc(C(=O)NNS(=O)(=O)/C=C/c2ccccc2)cc1OC. The number of sulfonamides is 1. The summed E-state index contributed by atoms with van der Waals surface area (Å²) in [5.41, 5.74) is 3.10. The van der Waals surface area contributed by atoms with Crippen LogP contribution in [0.25, 0.3) is 6.08 Å². The van der Waals surface area contributed by atoms with Gasteiger partial charge in [0.15, 0.2) is 11.5 Å². The van der Waals surface area contributed by atoms with Crippen molar-refractivity contribution in [2.45, 2.75) is 6.92 Å². The van der Waals surface area contributed by atoms with Crippen molar-refractivity contribution < 1.29 is 22.7 Å². The Labute approximate surface area is 152 Å². The van der Waals surface area contributed by atoms with Gasteiger partial charge in [0.05, 0.1) is 13.7 Å². The van der Waals surface area contributed by atoms with Gasteiger partial charge in [-0.05, 0) is 36.8 Å². The molecule has 0 fully saturated rings. The van der Waals surface area contributed by atoms with Crippen molar-refractivity contribution in [3.8, 4) is 11.5 Å². The first kappa shape index (κ1) is 19.5. The normalized spacial score (nSPS) is 11.3. The van der Waals surface area contributed by atoms with Crippen LogP contribution in [0, 0.1) is 0 Å². The quantitative estimate of drug-likeness (QED) is 0.690. The highest BCUT2D eigenvalue weighted by molar-refractivity contribution is 7.92. The van der Waals surface area contributed by atoms with E-state index in [-0.39, 0.29) is 5.56 Å². The molecule has 0 aliphatic heterocycles. The third kappa shape index (κ3) is 5.61. The molecule has 26 heavy (non-hydrogen) atoms. The molecule has 2 aromatic carbocycles. The lowest BCUT2D eigenvalue weighted by atomic mass is 10.2. The van der Waals surface area contributed by atoms with Crippen LogP contribution in [0.3, 0.4) is 0 Å². The van der Waals surface area contributed by atoms with Gasteiger partial charge in [0.25, 0.3) is 15.9 Å². The summed E-state index contributed by atoms with van der Waals surface area (Å²) in [6.45, 7) is 2.28. The molecule has 0 radical (unpaired) electrons. The molecule has 1 amide bonds. The molecular weight excluding hydrogens is 356 g/mol. The fourth-order valence-electron chi connectivity index (χ4n) is 2.04. The van der Waals surface area contributed by atoms with Crippen molar-refractivity contribution in [2.75, 3.05) is 13.7 Å². The number of nitrogens with one attached hydrogen (secondary N) is 2. The second-order valence-electron chi connectivity index (χ2n) is 5.11. The summed E-state index contributed by atoms with van der Waals surface area (Å²) in [4.78, 5) is 14.2. The van der Waals surface area contributed by atoms with E-state index in [9.17, 15) is 13.2 Å². The Kier molecular flexibility index (Phi) is 6.76. The molecule has 7 nitrogen and oxygen atoms in total. The lowest BCUT2D eigenvalue weighted by Gasteiger charge is -2.11. The maximum atomic E-state index is 12.1. The zero-order valence-electron chi connectivity index (χ0n) is 14.4. The number of amides is 1. The van der Waals surface area contributed by atoms with Crippen LogP contribution in [0.1, 0.15) is 22.8 Å².